The van der Waals surface area contributed by atoms with Crippen LogP contribution in [0.3, 0.4) is 0 Å². The van der Waals surface area contributed by atoms with Gasteiger partial charge in [-0.15, -0.1) is 0 Å². The van der Waals surface area contributed by atoms with Gasteiger partial charge in [-0.25, -0.2) is 0 Å². The smallest absolute Gasteiger partial charge is 0.247 e. The van der Waals surface area contributed by atoms with Crippen LogP contribution in [-0.4, -0.2) is 57.9 Å². The summed E-state index contributed by atoms with van der Waals surface area (Å²) in [5.74, 6) is 3.31. The van der Waals surface area contributed by atoms with Gasteiger partial charge in [0.05, 0.1) is 28.4 Å². The molecule has 32 heavy (non-hydrogen) atoms. The van der Waals surface area contributed by atoms with Gasteiger partial charge in [0, 0.05) is 41.9 Å². The van der Waals surface area contributed by atoms with Crippen LogP contribution in [0.25, 0.3) is 0 Å². The maximum atomic E-state index is 13.9. The van der Waals surface area contributed by atoms with E-state index in [1.807, 2.05) is 41.3 Å². The molecule has 7 heteroatoms. The molecule has 3 saturated heterocycles. The fourth-order valence-electron chi connectivity index (χ4n) is 6.10. The molecule has 0 aliphatic carbocycles. The van der Waals surface area contributed by atoms with Crippen LogP contribution in [0.1, 0.15) is 30.9 Å². The fourth-order valence-corrected chi connectivity index (χ4v) is 6.10. The standard InChI is InChI=1S/C25H30N2O5/c1-29-18-8-5-7-17(12-18)26-15-16-11-20(27-10-6-9-25(16,27)24(26)28)19-13-22(31-3)23(32-4)14-21(19)30-2/h5,7-8,12-14,16,20H,6,9-11,15H2,1-4H3/t16-,20-,25-/m0/s1. The quantitative estimate of drug-likeness (QED) is 0.686. The minimum atomic E-state index is -0.452. The minimum Gasteiger partial charge on any atom is -0.497 e. The maximum Gasteiger partial charge on any atom is 0.247 e. The number of ether oxygens (including phenoxy) is 4. The molecule has 3 fully saturated rings. The van der Waals surface area contributed by atoms with E-state index >= 15 is 0 Å². The monoisotopic (exact) mass is 438 g/mol. The molecule has 0 bridgehead atoms. The van der Waals surface area contributed by atoms with Gasteiger partial charge in [-0.05, 0) is 44.0 Å². The first-order valence-electron chi connectivity index (χ1n) is 11.1. The van der Waals surface area contributed by atoms with E-state index in [-0.39, 0.29) is 17.9 Å². The van der Waals surface area contributed by atoms with Crippen molar-refractivity contribution in [1.29, 1.82) is 0 Å². The zero-order chi connectivity index (χ0) is 22.5. The second-order valence-electron chi connectivity index (χ2n) is 8.74. The van der Waals surface area contributed by atoms with E-state index in [1.54, 1.807) is 28.4 Å². The Morgan fingerprint density at radius 2 is 1.69 bits per heavy atom. The van der Waals surface area contributed by atoms with Crippen molar-refractivity contribution in [2.24, 2.45) is 5.92 Å². The highest BCUT2D eigenvalue weighted by Gasteiger charge is 2.65. The number of nitrogens with zero attached hydrogens (tertiary/aromatic N) is 2. The summed E-state index contributed by atoms with van der Waals surface area (Å²) in [4.78, 5) is 18.3. The van der Waals surface area contributed by atoms with Crippen LogP contribution in [0.4, 0.5) is 5.69 Å². The molecule has 0 saturated carbocycles. The Labute approximate surface area is 188 Å². The average Bonchev–Trinajstić information content (AvgIpc) is 3.47. The van der Waals surface area contributed by atoms with Crippen molar-refractivity contribution in [2.75, 3.05) is 46.4 Å². The molecule has 5 rings (SSSR count). The van der Waals surface area contributed by atoms with Crippen molar-refractivity contribution in [2.45, 2.75) is 30.8 Å². The molecule has 7 nitrogen and oxygen atoms in total. The minimum absolute atomic E-state index is 0.105. The summed E-state index contributed by atoms with van der Waals surface area (Å²) in [6.45, 7) is 1.62. The Morgan fingerprint density at radius 1 is 0.938 bits per heavy atom. The third-order valence-electron chi connectivity index (χ3n) is 7.51. The third-order valence-corrected chi connectivity index (χ3v) is 7.51. The number of hydrogen-bond donors (Lipinski definition) is 0. The number of benzene rings is 2. The lowest BCUT2D eigenvalue weighted by Gasteiger charge is -2.34. The zero-order valence-electron chi connectivity index (χ0n) is 19.1. The average molecular weight is 439 g/mol. The van der Waals surface area contributed by atoms with Crippen molar-refractivity contribution in [3.63, 3.8) is 0 Å². The van der Waals surface area contributed by atoms with Gasteiger partial charge in [-0.3, -0.25) is 9.69 Å². The van der Waals surface area contributed by atoms with Gasteiger partial charge >= 0.3 is 0 Å². The van der Waals surface area contributed by atoms with Crippen LogP contribution in [0.2, 0.25) is 0 Å². The second kappa shape index (κ2) is 7.89. The van der Waals surface area contributed by atoms with Crippen molar-refractivity contribution in [1.82, 2.24) is 4.90 Å². The van der Waals surface area contributed by atoms with Crippen molar-refractivity contribution < 1.29 is 23.7 Å². The Kier molecular flexibility index (Phi) is 5.16. The molecular weight excluding hydrogens is 408 g/mol. The Bertz CT molecular complexity index is 1040. The molecule has 170 valence electrons. The zero-order valence-corrected chi connectivity index (χ0v) is 19.1. The summed E-state index contributed by atoms with van der Waals surface area (Å²) in [6, 6.07) is 11.8. The third kappa shape index (κ3) is 2.87. The van der Waals surface area contributed by atoms with E-state index in [0.717, 1.165) is 48.6 Å². The van der Waals surface area contributed by atoms with E-state index in [2.05, 4.69) is 4.90 Å². The first-order valence-corrected chi connectivity index (χ1v) is 11.1. The predicted molar refractivity (Wildman–Crippen MR) is 121 cm³/mol. The van der Waals surface area contributed by atoms with Crippen LogP contribution in [0.15, 0.2) is 36.4 Å². The highest BCUT2D eigenvalue weighted by atomic mass is 16.5. The molecular formula is C25H30N2O5. The summed E-state index contributed by atoms with van der Waals surface area (Å²) >= 11 is 0. The number of rotatable bonds is 6. The largest absolute Gasteiger partial charge is 0.497 e. The summed E-state index contributed by atoms with van der Waals surface area (Å²) in [5, 5.41) is 0. The van der Waals surface area contributed by atoms with Gasteiger partial charge in [-0.2, -0.15) is 0 Å². The van der Waals surface area contributed by atoms with Gasteiger partial charge in [0.25, 0.3) is 0 Å². The highest BCUT2D eigenvalue weighted by molar-refractivity contribution is 6.04. The first-order chi connectivity index (χ1) is 15.6. The molecule has 2 aromatic carbocycles. The van der Waals surface area contributed by atoms with Crippen molar-refractivity contribution in [3.05, 3.63) is 42.0 Å². The molecule has 1 amide bonds. The van der Waals surface area contributed by atoms with E-state index < -0.39 is 5.54 Å². The van der Waals surface area contributed by atoms with E-state index in [4.69, 9.17) is 18.9 Å². The van der Waals surface area contributed by atoms with Crippen LogP contribution in [0.5, 0.6) is 23.0 Å². The predicted octanol–water partition coefficient (Wildman–Crippen LogP) is 3.66. The molecule has 0 unspecified atom stereocenters. The fraction of sp³-hybridized carbons (Fsp3) is 0.480. The summed E-state index contributed by atoms with van der Waals surface area (Å²) in [7, 11) is 6.59. The van der Waals surface area contributed by atoms with Gasteiger partial charge in [0.1, 0.15) is 17.0 Å². The number of amides is 1. The SMILES string of the molecule is COc1cccc(N2C[C@@H]3C[C@@H](c4cc(OC)c(OC)cc4OC)N4CCC[C@@]34C2=O)c1. The molecule has 2 aromatic rings. The molecule has 0 N–H and O–H groups in total. The summed E-state index contributed by atoms with van der Waals surface area (Å²) < 4.78 is 22.2. The Balaban J connectivity index is 1.51. The maximum absolute atomic E-state index is 13.9. The molecule has 3 aliphatic heterocycles. The van der Waals surface area contributed by atoms with Gasteiger partial charge in [0.2, 0.25) is 5.91 Å². The second-order valence-corrected chi connectivity index (χ2v) is 8.74. The normalized spacial score (nSPS) is 26.8. The van der Waals surface area contributed by atoms with Gasteiger partial charge in [-0.1, -0.05) is 6.07 Å². The molecule has 1 spiro atoms. The molecule has 0 aromatic heterocycles. The molecule has 3 aliphatic rings. The van der Waals surface area contributed by atoms with Crippen LogP contribution in [-0.2, 0) is 4.79 Å². The van der Waals surface area contributed by atoms with E-state index in [1.165, 1.54) is 0 Å². The van der Waals surface area contributed by atoms with Gasteiger partial charge < -0.3 is 23.8 Å². The van der Waals surface area contributed by atoms with Gasteiger partial charge in [0.15, 0.2) is 11.5 Å². The highest BCUT2D eigenvalue weighted by Crippen LogP contribution is 2.58. The Hall–Kier alpha value is -2.93. The summed E-state index contributed by atoms with van der Waals surface area (Å²) in [5.41, 5.74) is 1.51. The first kappa shape index (κ1) is 20.9. The lowest BCUT2D eigenvalue weighted by atomic mass is 9.85. The summed E-state index contributed by atoms with van der Waals surface area (Å²) in [6.07, 6.45) is 2.81. The molecule has 3 heterocycles. The number of hydrogen-bond acceptors (Lipinski definition) is 6. The lowest BCUT2D eigenvalue weighted by molar-refractivity contribution is -0.126. The molecule has 0 radical (unpaired) electrons. The topological polar surface area (TPSA) is 60.5 Å². The Morgan fingerprint density at radius 3 is 2.41 bits per heavy atom. The van der Waals surface area contributed by atoms with E-state index in [0.29, 0.717) is 18.0 Å². The number of carbonyl (C=O) groups is 1. The molecule has 3 atom stereocenters. The van der Waals surface area contributed by atoms with Crippen LogP contribution >= 0.6 is 0 Å². The number of methoxy groups -OCH3 is 4. The van der Waals surface area contributed by atoms with Crippen LogP contribution in [0, 0.1) is 5.92 Å². The van der Waals surface area contributed by atoms with Crippen molar-refractivity contribution >= 4 is 11.6 Å². The number of anilines is 1. The van der Waals surface area contributed by atoms with Crippen LogP contribution < -0.4 is 23.8 Å². The number of carbonyl (C=O) groups excluding carboxylic acids is 1. The lowest BCUT2D eigenvalue weighted by Crippen LogP contribution is -2.49. The van der Waals surface area contributed by atoms with Crippen molar-refractivity contribution in [3.8, 4) is 23.0 Å². The van der Waals surface area contributed by atoms with E-state index in [9.17, 15) is 4.79 Å².